The zero-order valence-corrected chi connectivity index (χ0v) is 13.4. The molecule has 3 rings (SSSR count). The van der Waals surface area contributed by atoms with E-state index in [9.17, 15) is 22.8 Å². The van der Waals surface area contributed by atoms with E-state index in [1.807, 2.05) is 0 Å². The number of carbonyl (C=O) groups excluding carboxylic acids is 1. The fraction of sp³-hybridized carbons (Fsp3) is 0.357. The van der Waals surface area contributed by atoms with Gasteiger partial charge in [-0.3, -0.25) is 4.79 Å². The van der Waals surface area contributed by atoms with Crippen molar-refractivity contribution < 1.29 is 33.0 Å². The maximum atomic E-state index is 12.6. The summed E-state index contributed by atoms with van der Waals surface area (Å²) in [5.74, 6) is -2.50. The van der Waals surface area contributed by atoms with Crippen molar-refractivity contribution in [1.82, 2.24) is 9.21 Å². The Balaban J connectivity index is 1.95. The highest BCUT2D eigenvalue weighted by Crippen LogP contribution is 2.48. The molecule has 1 spiro atoms. The molecule has 2 N–H and O–H groups in total. The molecule has 2 amide bonds. The molecule has 128 valence electrons. The normalized spacial score (nSPS) is 29.0. The van der Waals surface area contributed by atoms with Crippen LogP contribution in [0.2, 0.25) is 0 Å². The molecule has 2 fully saturated rings. The van der Waals surface area contributed by atoms with Gasteiger partial charge in [0.1, 0.15) is 11.6 Å². The minimum absolute atomic E-state index is 0.0292. The molecule has 24 heavy (non-hydrogen) atoms. The Labute approximate surface area is 137 Å². The van der Waals surface area contributed by atoms with Crippen LogP contribution in [-0.4, -0.2) is 63.9 Å². The lowest BCUT2D eigenvalue weighted by atomic mass is 10.1. The van der Waals surface area contributed by atoms with Gasteiger partial charge in [-0.05, 0) is 19.1 Å². The summed E-state index contributed by atoms with van der Waals surface area (Å²) in [6, 6.07) is 4.39. The first-order chi connectivity index (χ1) is 11.1. The molecule has 3 atom stereocenters. The van der Waals surface area contributed by atoms with Gasteiger partial charge in [0.05, 0.1) is 4.90 Å². The second kappa shape index (κ2) is 5.02. The highest BCUT2D eigenvalue weighted by atomic mass is 32.2. The predicted octanol–water partition coefficient (Wildman–Crippen LogP) is 0.102. The van der Waals surface area contributed by atoms with Crippen LogP contribution in [0.5, 0.6) is 0 Å². The van der Waals surface area contributed by atoms with E-state index in [2.05, 4.69) is 0 Å². The van der Waals surface area contributed by atoms with Gasteiger partial charge >= 0.3 is 12.1 Å². The van der Waals surface area contributed by atoms with Crippen molar-refractivity contribution in [2.45, 2.75) is 29.8 Å². The minimum Gasteiger partial charge on any atom is -0.480 e. The Bertz CT molecular complexity index is 848. The standard InChI is InChI=1S/C14H14N2O7S/c1-8-2-4-9(5-3-8)24(22,23)15-7-14(15)6-10(11(17)18)16(12(14)19)13(20)21/h2-5,10H,6-7H2,1H3,(H,17,18)(H,20,21)/t10-,14-,15?/m0/s1. The van der Waals surface area contributed by atoms with E-state index in [-0.39, 0.29) is 16.3 Å². The number of nitrogens with zero attached hydrogens (tertiary/aromatic N) is 2. The van der Waals surface area contributed by atoms with Crippen LogP contribution >= 0.6 is 0 Å². The van der Waals surface area contributed by atoms with Gasteiger partial charge in [-0.25, -0.2) is 22.9 Å². The van der Waals surface area contributed by atoms with Gasteiger partial charge in [-0.15, -0.1) is 0 Å². The van der Waals surface area contributed by atoms with Crippen LogP contribution in [0.3, 0.4) is 0 Å². The number of carboxylic acid groups (broad SMARTS) is 2. The first-order valence-electron chi connectivity index (χ1n) is 7.00. The lowest BCUT2D eigenvalue weighted by molar-refractivity contribution is -0.145. The fourth-order valence-corrected chi connectivity index (χ4v) is 4.71. The molecule has 0 aliphatic carbocycles. The summed E-state index contributed by atoms with van der Waals surface area (Å²) >= 11 is 0. The Morgan fingerprint density at radius 2 is 1.79 bits per heavy atom. The molecule has 0 radical (unpaired) electrons. The SMILES string of the molecule is Cc1ccc(S(=O)(=O)N2C[C@]23C[C@@H](C(=O)O)N(C(=O)O)C3=O)cc1. The van der Waals surface area contributed by atoms with Gasteiger partial charge in [0, 0.05) is 13.0 Å². The van der Waals surface area contributed by atoms with Gasteiger partial charge in [0.2, 0.25) is 10.0 Å². The van der Waals surface area contributed by atoms with Gasteiger partial charge in [0.15, 0.2) is 0 Å². The van der Waals surface area contributed by atoms with Crippen LogP contribution in [-0.2, 0) is 19.6 Å². The summed E-state index contributed by atoms with van der Waals surface area (Å²) in [6.45, 7) is 1.56. The highest BCUT2D eigenvalue weighted by molar-refractivity contribution is 7.89. The van der Waals surface area contributed by atoms with E-state index in [4.69, 9.17) is 10.2 Å². The molecule has 1 aromatic rings. The fourth-order valence-electron chi connectivity index (χ4n) is 2.98. The zero-order valence-electron chi connectivity index (χ0n) is 12.5. The number of carbonyl (C=O) groups is 3. The lowest BCUT2D eigenvalue weighted by Gasteiger charge is -2.14. The first kappa shape index (κ1) is 16.4. The minimum atomic E-state index is -4.01. The van der Waals surface area contributed by atoms with E-state index in [0.29, 0.717) is 0 Å². The van der Waals surface area contributed by atoms with Crippen molar-refractivity contribution in [3.63, 3.8) is 0 Å². The Kier molecular flexibility index (Phi) is 3.43. The number of benzene rings is 1. The average molecular weight is 354 g/mol. The number of sulfonamides is 1. The third kappa shape index (κ3) is 2.18. The third-order valence-electron chi connectivity index (χ3n) is 4.34. The number of carboxylic acids is 1. The van der Waals surface area contributed by atoms with E-state index in [1.54, 1.807) is 19.1 Å². The number of likely N-dealkylation sites (tertiary alicyclic amines) is 1. The summed E-state index contributed by atoms with van der Waals surface area (Å²) in [4.78, 5) is 34.9. The van der Waals surface area contributed by atoms with Crippen molar-refractivity contribution in [2.24, 2.45) is 0 Å². The smallest absolute Gasteiger partial charge is 0.414 e. The maximum Gasteiger partial charge on any atom is 0.414 e. The van der Waals surface area contributed by atoms with Crippen LogP contribution in [0.4, 0.5) is 4.79 Å². The molecule has 1 aromatic carbocycles. The van der Waals surface area contributed by atoms with Gasteiger partial charge in [0.25, 0.3) is 5.91 Å². The molecule has 2 saturated heterocycles. The van der Waals surface area contributed by atoms with Crippen LogP contribution in [0, 0.1) is 6.92 Å². The molecule has 0 saturated carbocycles. The monoisotopic (exact) mass is 354 g/mol. The van der Waals surface area contributed by atoms with Crippen LogP contribution in [0.1, 0.15) is 12.0 Å². The number of hydrogen-bond acceptors (Lipinski definition) is 5. The van der Waals surface area contributed by atoms with Crippen LogP contribution in [0.25, 0.3) is 0 Å². The maximum absolute atomic E-state index is 12.6. The van der Waals surface area contributed by atoms with Gasteiger partial charge in [-0.1, -0.05) is 17.7 Å². The van der Waals surface area contributed by atoms with Crippen molar-refractivity contribution in [3.8, 4) is 0 Å². The van der Waals surface area contributed by atoms with Crippen molar-refractivity contribution in [3.05, 3.63) is 29.8 Å². The highest BCUT2D eigenvalue weighted by Gasteiger charge is 2.72. The average Bonchev–Trinajstić information content (AvgIpc) is 3.15. The third-order valence-corrected chi connectivity index (χ3v) is 6.27. The van der Waals surface area contributed by atoms with Crippen LogP contribution < -0.4 is 0 Å². The van der Waals surface area contributed by atoms with E-state index in [1.165, 1.54) is 12.1 Å². The second-order valence-corrected chi connectivity index (χ2v) is 7.73. The molecule has 0 aromatic heterocycles. The molecular weight excluding hydrogens is 340 g/mol. The number of aryl methyl sites for hydroxylation is 1. The molecular formula is C14H14N2O7S. The number of aliphatic carboxylic acids is 1. The first-order valence-corrected chi connectivity index (χ1v) is 8.44. The van der Waals surface area contributed by atoms with Crippen molar-refractivity contribution in [1.29, 1.82) is 0 Å². The molecule has 2 aliphatic rings. The Hall–Kier alpha value is -2.46. The molecule has 10 heteroatoms. The van der Waals surface area contributed by atoms with Gasteiger partial charge < -0.3 is 10.2 Å². The number of rotatable bonds is 3. The molecule has 9 nitrogen and oxygen atoms in total. The van der Waals surface area contributed by atoms with Crippen molar-refractivity contribution in [2.75, 3.05) is 6.54 Å². The summed E-state index contributed by atoms with van der Waals surface area (Å²) < 4.78 is 26.1. The van der Waals surface area contributed by atoms with E-state index < -0.39 is 46.0 Å². The summed E-state index contributed by atoms with van der Waals surface area (Å²) in [5.41, 5.74) is -0.764. The molecule has 0 bridgehead atoms. The zero-order chi connectivity index (χ0) is 17.9. The summed E-state index contributed by atoms with van der Waals surface area (Å²) in [5, 5.41) is 18.2. The topological polar surface area (TPSA) is 132 Å². The summed E-state index contributed by atoms with van der Waals surface area (Å²) in [6.07, 6.45) is -2.10. The number of hydrogen-bond donors (Lipinski definition) is 2. The summed E-state index contributed by atoms with van der Waals surface area (Å²) in [7, 11) is -4.01. The van der Waals surface area contributed by atoms with Crippen LogP contribution in [0.15, 0.2) is 29.2 Å². The number of amides is 2. The molecule has 2 heterocycles. The van der Waals surface area contributed by atoms with E-state index >= 15 is 0 Å². The molecule has 1 unspecified atom stereocenters. The Morgan fingerprint density at radius 3 is 2.25 bits per heavy atom. The van der Waals surface area contributed by atoms with Gasteiger partial charge in [-0.2, -0.15) is 4.31 Å². The Morgan fingerprint density at radius 1 is 1.21 bits per heavy atom. The second-order valence-electron chi connectivity index (χ2n) is 5.87. The predicted molar refractivity (Wildman–Crippen MR) is 78.7 cm³/mol. The van der Waals surface area contributed by atoms with E-state index in [0.717, 1.165) is 9.87 Å². The van der Waals surface area contributed by atoms with Crippen molar-refractivity contribution >= 4 is 28.0 Å². The molecule has 2 aliphatic heterocycles. The number of imide groups is 1. The quantitative estimate of drug-likeness (QED) is 0.736. The largest absolute Gasteiger partial charge is 0.480 e. The lowest BCUT2D eigenvalue weighted by Crippen LogP contribution is -2.43.